The molecule has 1 aliphatic carbocycles. The third-order valence-electron chi connectivity index (χ3n) is 6.01. The first-order chi connectivity index (χ1) is 9.82. The zero-order valence-electron chi connectivity index (χ0n) is 13.4. The molecule has 2 fully saturated rings. The number of esters is 1. The largest absolute Gasteiger partial charge is 0.457 e. The van der Waals surface area contributed by atoms with Crippen molar-refractivity contribution in [2.24, 2.45) is 11.8 Å². The first-order valence-corrected chi connectivity index (χ1v) is 8.01. The third kappa shape index (κ3) is 2.07. The molecule has 4 atom stereocenters. The molecule has 0 radical (unpaired) electrons. The van der Waals surface area contributed by atoms with E-state index in [-0.39, 0.29) is 11.7 Å². The summed E-state index contributed by atoms with van der Waals surface area (Å²) in [5.41, 5.74) is 2.35. The first-order valence-electron chi connectivity index (χ1n) is 8.01. The zero-order chi connectivity index (χ0) is 15.4. The lowest BCUT2D eigenvalue weighted by atomic mass is 9.76. The highest BCUT2D eigenvalue weighted by Gasteiger charge is 2.64. The highest BCUT2D eigenvalue weighted by molar-refractivity contribution is 5.70. The molecule has 4 heteroatoms. The lowest BCUT2D eigenvalue weighted by molar-refractivity contribution is -0.187. The molecule has 0 aromatic carbocycles. The van der Waals surface area contributed by atoms with E-state index < -0.39 is 18.2 Å². The van der Waals surface area contributed by atoms with E-state index >= 15 is 0 Å². The van der Waals surface area contributed by atoms with Crippen molar-refractivity contribution in [2.45, 2.75) is 70.7 Å². The van der Waals surface area contributed by atoms with Crippen LogP contribution in [0.3, 0.4) is 0 Å². The quantitative estimate of drug-likeness (QED) is 0.642. The minimum atomic E-state index is -0.562. The van der Waals surface area contributed by atoms with Gasteiger partial charge < -0.3 is 14.6 Å². The van der Waals surface area contributed by atoms with Gasteiger partial charge in [-0.2, -0.15) is 0 Å². The van der Waals surface area contributed by atoms with Crippen LogP contribution in [-0.4, -0.2) is 35.0 Å². The number of allylic oxidation sites excluding steroid dienone is 1. The summed E-state index contributed by atoms with van der Waals surface area (Å²) in [6, 6.07) is 0. The van der Waals surface area contributed by atoms with E-state index in [0.29, 0.717) is 11.8 Å². The van der Waals surface area contributed by atoms with E-state index in [4.69, 9.17) is 14.6 Å². The van der Waals surface area contributed by atoms with Crippen molar-refractivity contribution in [2.75, 3.05) is 6.61 Å². The summed E-state index contributed by atoms with van der Waals surface area (Å²) in [6.07, 6.45) is 3.64. The van der Waals surface area contributed by atoms with Gasteiger partial charge in [0, 0.05) is 12.3 Å². The van der Waals surface area contributed by atoms with Crippen molar-refractivity contribution >= 4 is 5.97 Å². The molecule has 4 nitrogen and oxygen atoms in total. The Kier molecular flexibility index (Phi) is 3.45. The van der Waals surface area contributed by atoms with Crippen LogP contribution in [0.15, 0.2) is 11.1 Å². The summed E-state index contributed by atoms with van der Waals surface area (Å²) in [7, 11) is 0. The Morgan fingerprint density at radius 2 is 2.24 bits per heavy atom. The van der Waals surface area contributed by atoms with Crippen LogP contribution >= 0.6 is 0 Å². The highest BCUT2D eigenvalue weighted by atomic mass is 16.6. The maximum Gasteiger partial charge on any atom is 0.332 e. The second-order valence-corrected chi connectivity index (χ2v) is 7.42. The van der Waals surface area contributed by atoms with Crippen LogP contribution in [0.25, 0.3) is 0 Å². The number of carbonyl (C=O) groups is 1. The molecule has 0 spiro atoms. The van der Waals surface area contributed by atoms with Gasteiger partial charge in [-0.3, -0.25) is 0 Å². The van der Waals surface area contributed by atoms with Gasteiger partial charge in [0.15, 0.2) is 0 Å². The van der Waals surface area contributed by atoms with E-state index in [1.165, 1.54) is 11.1 Å². The monoisotopic (exact) mass is 294 g/mol. The number of aliphatic hydroxyl groups is 1. The van der Waals surface area contributed by atoms with Gasteiger partial charge in [0.2, 0.25) is 0 Å². The van der Waals surface area contributed by atoms with E-state index in [0.717, 1.165) is 25.7 Å². The van der Waals surface area contributed by atoms with Crippen LogP contribution in [-0.2, 0) is 14.3 Å². The molecule has 2 aliphatic heterocycles. The molecular formula is C17H26O4. The van der Waals surface area contributed by atoms with E-state index in [2.05, 4.69) is 27.7 Å². The van der Waals surface area contributed by atoms with Crippen molar-refractivity contribution in [1.29, 1.82) is 0 Å². The lowest BCUT2D eigenvalue weighted by Crippen LogP contribution is -2.50. The Morgan fingerprint density at radius 3 is 2.86 bits per heavy atom. The molecule has 3 rings (SSSR count). The van der Waals surface area contributed by atoms with Crippen LogP contribution in [0, 0.1) is 11.8 Å². The van der Waals surface area contributed by atoms with Crippen LogP contribution < -0.4 is 0 Å². The number of hydrogen-bond acceptors (Lipinski definition) is 4. The van der Waals surface area contributed by atoms with Crippen LogP contribution in [0.2, 0.25) is 0 Å². The Bertz CT molecular complexity index is 495. The summed E-state index contributed by atoms with van der Waals surface area (Å²) in [5, 5.41) is 9.00. The van der Waals surface area contributed by atoms with Crippen LogP contribution in [0.5, 0.6) is 0 Å². The SMILES string of the molecule is CC1=C2C[C@]3(C(C)C)C[C@@H](OC(=O)CO)[C@@](C)(O3)[C@@H]2CC1. The molecule has 21 heavy (non-hydrogen) atoms. The molecule has 118 valence electrons. The fourth-order valence-electron chi connectivity index (χ4n) is 4.60. The lowest BCUT2D eigenvalue weighted by Gasteiger charge is -2.46. The number of aliphatic hydroxyl groups excluding tert-OH is 1. The highest BCUT2D eigenvalue weighted by Crippen LogP contribution is 2.60. The molecule has 3 aliphatic rings. The average molecular weight is 294 g/mol. The van der Waals surface area contributed by atoms with Gasteiger partial charge in [-0.15, -0.1) is 0 Å². The van der Waals surface area contributed by atoms with E-state index in [1.54, 1.807) is 0 Å². The van der Waals surface area contributed by atoms with E-state index in [1.807, 2.05) is 0 Å². The summed E-state index contributed by atoms with van der Waals surface area (Å²) in [6.45, 7) is 8.12. The molecule has 2 saturated heterocycles. The van der Waals surface area contributed by atoms with Gasteiger partial charge in [0.25, 0.3) is 0 Å². The first kappa shape index (κ1) is 15.0. The average Bonchev–Trinajstić information content (AvgIpc) is 2.90. The maximum absolute atomic E-state index is 11.6. The second kappa shape index (κ2) is 4.82. The number of hydrogen-bond donors (Lipinski definition) is 1. The topological polar surface area (TPSA) is 55.8 Å². The Morgan fingerprint density at radius 1 is 1.52 bits per heavy atom. The molecule has 0 saturated carbocycles. The normalized spacial score (nSPS) is 41.6. The number of ether oxygens (including phenoxy) is 2. The molecule has 1 N–H and O–H groups in total. The summed E-state index contributed by atoms with van der Waals surface area (Å²) in [4.78, 5) is 11.6. The minimum absolute atomic E-state index is 0.230. The van der Waals surface area contributed by atoms with Crippen molar-refractivity contribution in [3.8, 4) is 0 Å². The van der Waals surface area contributed by atoms with E-state index in [9.17, 15) is 4.79 Å². The Balaban J connectivity index is 1.99. The minimum Gasteiger partial charge on any atom is -0.457 e. The van der Waals surface area contributed by atoms with Crippen LogP contribution in [0.4, 0.5) is 0 Å². The predicted molar refractivity (Wildman–Crippen MR) is 78.7 cm³/mol. The number of rotatable bonds is 3. The van der Waals surface area contributed by atoms with Gasteiger partial charge in [-0.25, -0.2) is 4.79 Å². The standard InChI is InChI=1S/C17H26O4/c1-10(2)17-7-12-11(3)5-6-13(12)16(4,21-17)14(8-17)20-15(19)9-18/h10,13-14,18H,5-9H2,1-4H3/t13-,14-,16+,17-/m1/s1. The fraction of sp³-hybridized carbons (Fsp3) is 0.824. The van der Waals surface area contributed by atoms with Gasteiger partial charge in [0.1, 0.15) is 18.3 Å². The summed E-state index contributed by atoms with van der Waals surface area (Å²) in [5.74, 6) is 0.177. The molecule has 0 amide bonds. The van der Waals surface area contributed by atoms with Gasteiger partial charge in [-0.05, 0) is 39.0 Å². The third-order valence-corrected chi connectivity index (χ3v) is 6.01. The smallest absolute Gasteiger partial charge is 0.332 e. The van der Waals surface area contributed by atoms with Crippen molar-refractivity contribution in [1.82, 2.24) is 0 Å². The Labute approximate surface area is 126 Å². The Hall–Kier alpha value is -0.870. The van der Waals surface area contributed by atoms with Gasteiger partial charge in [0.05, 0.1) is 5.60 Å². The number of fused-ring (bicyclic) bond motifs is 4. The number of carbonyl (C=O) groups excluding carboxylic acids is 1. The fourth-order valence-corrected chi connectivity index (χ4v) is 4.60. The van der Waals surface area contributed by atoms with Gasteiger partial charge in [-0.1, -0.05) is 25.0 Å². The van der Waals surface area contributed by atoms with Crippen molar-refractivity contribution in [3.05, 3.63) is 11.1 Å². The maximum atomic E-state index is 11.6. The summed E-state index contributed by atoms with van der Waals surface area (Å²) < 4.78 is 12.1. The predicted octanol–water partition coefficient (Wildman–Crippen LogP) is 2.59. The van der Waals surface area contributed by atoms with Crippen molar-refractivity contribution in [3.63, 3.8) is 0 Å². The molecule has 0 aromatic rings. The molecule has 2 heterocycles. The van der Waals surface area contributed by atoms with Gasteiger partial charge >= 0.3 is 5.97 Å². The summed E-state index contributed by atoms with van der Waals surface area (Å²) >= 11 is 0. The molecule has 0 aromatic heterocycles. The van der Waals surface area contributed by atoms with Crippen molar-refractivity contribution < 1.29 is 19.4 Å². The molecule has 0 unspecified atom stereocenters. The molecular weight excluding hydrogens is 268 g/mol. The van der Waals surface area contributed by atoms with Crippen LogP contribution in [0.1, 0.15) is 53.4 Å². The zero-order valence-corrected chi connectivity index (χ0v) is 13.4. The molecule has 2 bridgehead atoms. The second-order valence-electron chi connectivity index (χ2n) is 7.42.